The Morgan fingerprint density at radius 1 is 0.611 bits per heavy atom. The summed E-state index contributed by atoms with van der Waals surface area (Å²) in [4.78, 5) is 0. The summed E-state index contributed by atoms with van der Waals surface area (Å²) in [6.45, 7) is 4.97. The zero-order valence-corrected chi connectivity index (χ0v) is 12.3. The largest absolute Gasteiger partial charge is 0.328 e. The minimum absolute atomic E-state index is 0.483. The van der Waals surface area contributed by atoms with Crippen molar-refractivity contribution in [2.45, 2.75) is 77.3 Å². The van der Waals surface area contributed by atoms with Crippen LogP contribution in [-0.4, -0.2) is 12.1 Å². The summed E-state index contributed by atoms with van der Waals surface area (Å²) in [5.41, 5.74) is 12.0. The van der Waals surface area contributed by atoms with Gasteiger partial charge in [0.15, 0.2) is 0 Å². The van der Waals surface area contributed by atoms with E-state index >= 15 is 0 Å². The van der Waals surface area contributed by atoms with Crippen LogP contribution in [0.2, 0.25) is 0 Å². The average molecular weight is 252 g/mol. The molecule has 18 heavy (non-hydrogen) atoms. The number of hydrogen-bond donors (Lipinski definition) is 2. The third kappa shape index (κ3) is 3.48. The first-order valence-corrected chi connectivity index (χ1v) is 8.09. The van der Waals surface area contributed by atoms with Crippen molar-refractivity contribution < 1.29 is 0 Å². The monoisotopic (exact) mass is 252 g/mol. The van der Waals surface area contributed by atoms with Crippen LogP contribution in [0.4, 0.5) is 0 Å². The maximum absolute atomic E-state index is 6.02. The van der Waals surface area contributed by atoms with E-state index in [9.17, 15) is 0 Å². The fourth-order valence-corrected chi connectivity index (χ4v) is 4.20. The molecule has 2 saturated carbocycles. The van der Waals surface area contributed by atoms with Gasteiger partial charge in [0.2, 0.25) is 0 Å². The molecule has 2 rings (SSSR count). The molecule has 106 valence electrons. The lowest BCUT2D eigenvalue weighted by Crippen LogP contribution is -2.35. The predicted molar refractivity (Wildman–Crippen MR) is 78.2 cm³/mol. The molecule has 0 bridgehead atoms. The predicted octanol–water partition coefficient (Wildman–Crippen LogP) is 3.29. The Balaban J connectivity index is 1.82. The molecule has 0 amide bonds. The molecule has 2 aliphatic carbocycles. The third-order valence-corrected chi connectivity index (χ3v) is 5.95. The van der Waals surface area contributed by atoms with Gasteiger partial charge < -0.3 is 11.5 Å². The van der Waals surface area contributed by atoms with Gasteiger partial charge in [-0.15, -0.1) is 0 Å². The van der Waals surface area contributed by atoms with Gasteiger partial charge in [-0.3, -0.25) is 0 Å². The van der Waals surface area contributed by atoms with E-state index in [0.717, 1.165) is 23.7 Å². The zero-order valence-electron chi connectivity index (χ0n) is 12.3. The van der Waals surface area contributed by atoms with Crippen LogP contribution < -0.4 is 11.5 Å². The minimum Gasteiger partial charge on any atom is -0.328 e. The molecule has 2 aliphatic rings. The van der Waals surface area contributed by atoms with Crippen LogP contribution in [0.3, 0.4) is 0 Å². The molecular formula is C16H32N2. The Kier molecular flexibility index (Phi) is 5.08. The summed E-state index contributed by atoms with van der Waals surface area (Å²) in [6, 6.07) is 0.966. The molecule has 2 fully saturated rings. The minimum atomic E-state index is 0.483. The molecule has 0 saturated heterocycles. The molecule has 2 atom stereocenters. The third-order valence-electron chi connectivity index (χ3n) is 5.95. The second-order valence-electron chi connectivity index (χ2n) is 7.07. The molecule has 2 heteroatoms. The van der Waals surface area contributed by atoms with Crippen molar-refractivity contribution in [1.82, 2.24) is 0 Å². The second kappa shape index (κ2) is 6.38. The van der Waals surface area contributed by atoms with Crippen LogP contribution in [0.25, 0.3) is 0 Å². The summed E-state index contributed by atoms with van der Waals surface area (Å²) in [5.74, 6) is 3.60. The van der Waals surface area contributed by atoms with E-state index < -0.39 is 0 Å². The Hall–Kier alpha value is -0.0800. The summed E-state index contributed by atoms with van der Waals surface area (Å²) in [7, 11) is 0. The first-order valence-electron chi connectivity index (χ1n) is 8.09. The highest BCUT2D eigenvalue weighted by molar-refractivity contribution is 4.84. The fourth-order valence-electron chi connectivity index (χ4n) is 4.20. The molecule has 2 nitrogen and oxygen atoms in total. The lowest BCUT2D eigenvalue weighted by molar-refractivity contribution is 0.125. The van der Waals surface area contributed by atoms with Gasteiger partial charge in [0.25, 0.3) is 0 Å². The van der Waals surface area contributed by atoms with Gasteiger partial charge in [-0.25, -0.2) is 0 Å². The van der Waals surface area contributed by atoms with Crippen LogP contribution in [0, 0.1) is 23.7 Å². The Bertz CT molecular complexity index is 211. The van der Waals surface area contributed by atoms with E-state index in [1.54, 1.807) is 0 Å². The molecule has 0 aromatic rings. The standard InChI is InChI=1S/C16H32N2/c1-11(13-3-7-15(17)8-4-13)12(2)14-5-9-16(18)10-6-14/h11-16H,3-10,17-18H2,1-2H3. The van der Waals surface area contributed by atoms with Crippen molar-refractivity contribution in [3.05, 3.63) is 0 Å². The normalized spacial score (nSPS) is 41.3. The molecule has 0 aliphatic heterocycles. The van der Waals surface area contributed by atoms with Crippen molar-refractivity contribution in [1.29, 1.82) is 0 Å². The first-order chi connectivity index (χ1) is 8.58. The van der Waals surface area contributed by atoms with Crippen molar-refractivity contribution in [2.75, 3.05) is 0 Å². The van der Waals surface area contributed by atoms with Crippen molar-refractivity contribution in [3.8, 4) is 0 Å². The van der Waals surface area contributed by atoms with Gasteiger partial charge in [-0.05, 0) is 75.0 Å². The summed E-state index contributed by atoms with van der Waals surface area (Å²) in [5, 5.41) is 0. The van der Waals surface area contributed by atoms with Crippen molar-refractivity contribution in [2.24, 2.45) is 35.1 Å². The first kappa shape index (κ1) is 14.3. The zero-order chi connectivity index (χ0) is 13.1. The van der Waals surface area contributed by atoms with Gasteiger partial charge in [-0.2, -0.15) is 0 Å². The molecule has 0 spiro atoms. The van der Waals surface area contributed by atoms with Gasteiger partial charge in [0.1, 0.15) is 0 Å². The average Bonchev–Trinajstić information content (AvgIpc) is 2.39. The van der Waals surface area contributed by atoms with E-state index in [1.165, 1.54) is 51.4 Å². The van der Waals surface area contributed by atoms with Gasteiger partial charge >= 0.3 is 0 Å². The number of hydrogen-bond acceptors (Lipinski definition) is 2. The van der Waals surface area contributed by atoms with E-state index in [1.807, 2.05) is 0 Å². The van der Waals surface area contributed by atoms with Crippen LogP contribution in [0.5, 0.6) is 0 Å². The quantitative estimate of drug-likeness (QED) is 0.810. The highest BCUT2D eigenvalue weighted by atomic mass is 14.6. The van der Waals surface area contributed by atoms with E-state index in [2.05, 4.69) is 13.8 Å². The fraction of sp³-hybridized carbons (Fsp3) is 1.00. The summed E-state index contributed by atoms with van der Waals surface area (Å²) in [6.07, 6.45) is 10.4. The van der Waals surface area contributed by atoms with Gasteiger partial charge in [-0.1, -0.05) is 13.8 Å². The molecule has 0 heterocycles. The van der Waals surface area contributed by atoms with E-state index in [-0.39, 0.29) is 0 Å². The Morgan fingerprint density at radius 2 is 0.889 bits per heavy atom. The maximum atomic E-state index is 6.02. The van der Waals surface area contributed by atoms with Crippen LogP contribution in [0.1, 0.15) is 65.2 Å². The van der Waals surface area contributed by atoms with Gasteiger partial charge in [0, 0.05) is 12.1 Å². The highest BCUT2D eigenvalue weighted by Gasteiger charge is 2.32. The molecular weight excluding hydrogens is 220 g/mol. The summed E-state index contributed by atoms with van der Waals surface area (Å²) >= 11 is 0. The lowest BCUT2D eigenvalue weighted by atomic mass is 9.68. The number of nitrogens with two attached hydrogens (primary N) is 2. The van der Waals surface area contributed by atoms with Crippen LogP contribution in [0.15, 0.2) is 0 Å². The smallest absolute Gasteiger partial charge is 0.00390 e. The lowest BCUT2D eigenvalue weighted by Gasteiger charge is -2.39. The molecule has 0 aromatic carbocycles. The van der Waals surface area contributed by atoms with Crippen LogP contribution in [-0.2, 0) is 0 Å². The topological polar surface area (TPSA) is 52.0 Å². The summed E-state index contributed by atoms with van der Waals surface area (Å²) < 4.78 is 0. The van der Waals surface area contributed by atoms with E-state index in [4.69, 9.17) is 11.5 Å². The van der Waals surface area contributed by atoms with Crippen molar-refractivity contribution in [3.63, 3.8) is 0 Å². The second-order valence-corrected chi connectivity index (χ2v) is 7.07. The number of rotatable bonds is 3. The Labute approximate surface area is 113 Å². The van der Waals surface area contributed by atoms with Crippen LogP contribution >= 0.6 is 0 Å². The van der Waals surface area contributed by atoms with Gasteiger partial charge in [0.05, 0.1) is 0 Å². The van der Waals surface area contributed by atoms with Crippen molar-refractivity contribution >= 4 is 0 Å². The maximum Gasteiger partial charge on any atom is 0.00390 e. The Morgan fingerprint density at radius 3 is 1.17 bits per heavy atom. The molecule has 2 unspecified atom stereocenters. The SMILES string of the molecule is CC(C1CCC(N)CC1)C(C)C1CCC(N)CC1. The van der Waals surface area contributed by atoms with E-state index in [0.29, 0.717) is 12.1 Å². The highest BCUT2D eigenvalue weighted by Crippen LogP contribution is 2.40. The molecule has 4 N–H and O–H groups in total. The molecule has 0 aromatic heterocycles. The molecule has 0 radical (unpaired) electrons.